The van der Waals surface area contributed by atoms with Crippen molar-refractivity contribution in [3.05, 3.63) is 52.4 Å². The summed E-state index contributed by atoms with van der Waals surface area (Å²) in [4.78, 5) is 3.15. The molecule has 6 heteroatoms. The summed E-state index contributed by atoms with van der Waals surface area (Å²) in [6.45, 7) is 1.77. The molecule has 0 fully saturated rings. The van der Waals surface area contributed by atoms with E-state index in [2.05, 4.69) is 10.3 Å². The van der Waals surface area contributed by atoms with Crippen LogP contribution in [0.3, 0.4) is 0 Å². The zero-order valence-corrected chi connectivity index (χ0v) is 10.0. The van der Waals surface area contributed by atoms with E-state index in [1.165, 1.54) is 0 Å². The van der Waals surface area contributed by atoms with E-state index < -0.39 is 23.4 Å². The van der Waals surface area contributed by atoms with Crippen molar-refractivity contribution in [1.82, 2.24) is 4.98 Å². The van der Waals surface area contributed by atoms with Gasteiger partial charge >= 0.3 is 0 Å². The molecule has 0 amide bonds. The number of pyridine rings is 1. The summed E-state index contributed by atoms with van der Waals surface area (Å²) in [7, 11) is 0. The van der Waals surface area contributed by atoms with Gasteiger partial charge < -0.3 is 5.32 Å². The first-order valence-electron chi connectivity index (χ1n) is 5.02. The van der Waals surface area contributed by atoms with Crippen molar-refractivity contribution < 1.29 is 13.2 Å². The van der Waals surface area contributed by atoms with Crippen LogP contribution in [0.2, 0.25) is 5.02 Å². The molecule has 1 aromatic heterocycles. The Balaban J connectivity index is 2.40. The second kappa shape index (κ2) is 4.86. The highest BCUT2D eigenvalue weighted by Gasteiger charge is 2.13. The van der Waals surface area contributed by atoms with E-state index in [1.807, 2.05) is 0 Å². The van der Waals surface area contributed by atoms with Gasteiger partial charge in [-0.25, -0.2) is 8.78 Å². The van der Waals surface area contributed by atoms with E-state index in [0.717, 1.165) is 5.56 Å². The van der Waals surface area contributed by atoms with Crippen LogP contribution in [-0.2, 0) is 0 Å². The third kappa shape index (κ3) is 2.41. The predicted octanol–water partition coefficient (Wildman–Crippen LogP) is 4.20. The first-order valence-corrected chi connectivity index (χ1v) is 5.40. The van der Waals surface area contributed by atoms with Crippen molar-refractivity contribution in [2.24, 2.45) is 0 Å². The number of hydrogen-bond acceptors (Lipinski definition) is 2. The maximum atomic E-state index is 13.4. The summed E-state index contributed by atoms with van der Waals surface area (Å²) >= 11 is 5.99. The minimum Gasteiger partial charge on any atom is -0.336 e. The average Bonchev–Trinajstić information content (AvgIpc) is 2.32. The molecular weight excluding hydrogens is 265 g/mol. The highest BCUT2D eigenvalue weighted by molar-refractivity contribution is 6.34. The van der Waals surface area contributed by atoms with Crippen molar-refractivity contribution in [2.75, 3.05) is 5.32 Å². The summed E-state index contributed by atoms with van der Waals surface area (Å²) in [5.74, 6) is -4.12. The predicted molar refractivity (Wildman–Crippen MR) is 63.6 cm³/mol. The Kier molecular flexibility index (Phi) is 3.43. The monoisotopic (exact) mass is 272 g/mol. The molecular formula is C12H8ClF3N2. The Morgan fingerprint density at radius 2 is 1.89 bits per heavy atom. The number of nitrogens with one attached hydrogen (secondary N) is 1. The summed E-state index contributed by atoms with van der Waals surface area (Å²) in [6.07, 6.45) is 0. The molecule has 0 aliphatic heterocycles. The van der Waals surface area contributed by atoms with Crippen LogP contribution >= 0.6 is 11.6 Å². The molecule has 0 aliphatic carbocycles. The molecule has 0 saturated heterocycles. The third-order valence-corrected chi connectivity index (χ3v) is 2.83. The lowest BCUT2D eigenvalue weighted by Crippen LogP contribution is -2.02. The van der Waals surface area contributed by atoms with E-state index in [4.69, 9.17) is 11.6 Å². The smallest absolute Gasteiger partial charge is 0.251 e. The van der Waals surface area contributed by atoms with Crippen molar-refractivity contribution in [3.8, 4) is 0 Å². The maximum Gasteiger partial charge on any atom is 0.251 e. The topological polar surface area (TPSA) is 24.9 Å². The maximum absolute atomic E-state index is 13.4. The number of benzene rings is 1. The van der Waals surface area contributed by atoms with Gasteiger partial charge in [-0.15, -0.1) is 0 Å². The van der Waals surface area contributed by atoms with Gasteiger partial charge in [0.2, 0.25) is 0 Å². The minimum absolute atomic E-state index is 0.364. The van der Waals surface area contributed by atoms with Gasteiger partial charge in [-0.05, 0) is 18.6 Å². The zero-order valence-electron chi connectivity index (χ0n) is 9.27. The highest BCUT2D eigenvalue weighted by atomic mass is 35.5. The summed E-state index contributed by atoms with van der Waals surface area (Å²) < 4.78 is 39.0. The number of hydrogen-bond donors (Lipinski definition) is 1. The van der Waals surface area contributed by atoms with Gasteiger partial charge in [0, 0.05) is 6.07 Å². The van der Waals surface area contributed by atoms with Crippen molar-refractivity contribution in [1.29, 1.82) is 0 Å². The first kappa shape index (κ1) is 12.7. The van der Waals surface area contributed by atoms with Crippen LogP contribution in [0.4, 0.5) is 24.7 Å². The van der Waals surface area contributed by atoms with E-state index in [-0.39, 0.29) is 0 Å². The molecule has 1 heterocycles. The fraction of sp³-hybridized carbons (Fsp3) is 0.0833. The van der Waals surface area contributed by atoms with Crippen molar-refractivity contribution in [3.63, 3.8) is 0 Å². The molecule has 94 valence electrons. The molecule has 0 radical (unpaired) electrons. The highest BCUT2D eigenvalue weighted by Crippen LogP contribution is 2.28. The van der Waals surface area contributed by atoms with E-state index in [9.17, 15) is 13.2 Å². The Bertz CT molecular complexity index is 602. The molecule has 1 N–H and O–H groups in total. The third-order valence-electron chi connectivity index (χ3n) is 2.33. The molecule has 0 atom stereocenters. The van der Waals surface area contributed by atoms with Crippen molar-refractivity contribution >= 4 is 23.1 Å². The number of anilines is 2. The lowest BCUT2D eigenvalue weighted by atomic mass is 10.2. The molecule has 1 aromatic carbocycles. The van der Waals surface area contributed by atoms with Crippen LogP contribution in [0.1, 0.15) is 5.56 Å². The second-order valence-electron chi connectivity index (χ2n) is 3.65. The van der Waals surface area contributed by atoms with E-state index >= 15 is 0 Å². The number of rotatable bonds is 2. The molecule has 0 aliphatic rings. The Morgan fingerprint density at radius 3 is 2.61 bits per heavy atom. The second-order valence-corrected chi connectivity index (χ2v) is 4.03. The molecule has 0 saturated carbocycles. The van der Waals surface area contributed by atoms with Gasteiger partial charge in [0.15, 0.2) is 17.5 Å². The molecule has 0 unspecified atom stereocenters. The fourth-order valence-electron chi connectivity index (χ4n) is 1.40. The quantitative estimate of drug-likeness (QED) is 0.829. The SMILES string of the molecule is Cc1cccc(Nc2nc(F)c(F)cc2F)c1Cl. The molecule has 2 nitrogen and oxygen atoms in total. The Labute approximate surface area is 106 Å². The van der Waals surface area contributed by atoms with Gasteiger partial charge in [0.25, 0.3) is 5.95 Å². The van der Waals surface area contributed by atoms with Crippen LogP contribution in [0, 0.1) is 24.5 Å². The zero-order chi connectivity index (χ0) is 13.3. The van der Waals surface area contributed by atoms with Crippen LogP contribution in [-0.4, -0.2) is 4.98 Å². The Morgan fingerprint density at radius 1 is 1.17 bits per heavy atom. The summed E-state index contributed by atoms with van der Waals surface area (Å²) in [6, 6.07) is 5.47. The van der Waals surface area contributed by atoms with Gasteiger partial charge in [0.05, 0.1) is 10.7 Å². The number of aryl methyl sites for hydroxylation is 1. The van der Waals surface area contributed by atoms with Crippen LogP contribution in [0.25, 0.3) is 0 Å². The first-order chi connectivity index (χ1) is 8.49. The lowest BCUT2D eigenvalue weighted by molar-refractivity contribution is 0.467. The summed E-state index contributed by atoms with van der Waals surface area (Å²) in [5.41, 5.74) is 1.14. The van der Waals surface area contributed by atoms with Gasteiger partial charge in [-0.3, -0.25) is 0 Å². The summed E-state index contributed by atoms with van der Waals surface area (Å²) in [5, 5.41) is 2.89. The van der Waals surface area contributed by atoms with E-state index in [1.54, 1.807) is 25.1 Å². The Hall–Kier alpha value is -1.75. The largest absolute Gasteiger partial charge is 0.336 e. The van der Waals surface area contributed by atoms with E-state index in [0.29, 0.717) is 16.8 Å². The fourth-order valence-corrected chi connectivity index (χ4v) is 1.58. The van der Waals surface area contributed by atoms with Crippen LogP contribution in [0.5, 0.6) is 0 Å². The van der Waals surface area contributed by atoms with Crippen LogP contribution in [0.15, 0.2) is 24.3 Å². The molecule has 18 heavy (non-hydrogen) atoms. The average molecular weight is 273 g/mol. The molecule has 0 bridgehead atoms. The number of nitrogens with zero attached hydrogens (tertiary/aromatic N) is 1. The standard InChI is InChI=1S/C12H8ClF3N2/c1-6-3-2-4-9(10(6)13)17-12-8(15)5-7(14)11(16)18-12/h2-5H,1H3,(H,17,18). The van der Waals surface area contributed by atoms with Gasteiger partial charge in [0.1, 0.15) is 0 Å². The molecule has 2 rings (SSSR count). The normalized spacial score (nSPS) is 10.5. The minimum atomic E-state index is -1.37. The molecule has 0 spiro atoms. The van der Waals surface area contributed by atoms with Gasteiger partial charge in [-0.1, -0.05) is 23.7 Å². The number of halogens is 4. The number of aromatic nitrogens is 1. The molecule has 2 aromatic rings. The van der Waals surface area contributed by atoms with Gasteiger partial charge in [-0.2, -0.15) is 9.37 Å². The lowest BCUT2D eigenvalue weighted by Gasteiger charge is -2.10. The van der Waals surface area contributed by atoms with Crippen molar-refractivity contribution in [2.45, 2.75) is 6.92 Å². The van der Waals surface area contributed by atoms with Crippen LogP contribution < -0.4 is 5.32 Å².